The van der Waals surface area contributed by atoms with Gasteiger partial charge in [0.15, 0.2) is 0 Å². The van der Waals surface area contributed by atoms with Gasteiger partial charge in [-0.25, -0.2) is 9.59 Å². The fraction of sp³-hybridized carbons (Fsp3) is 0.444. The zero-order chi connectivity index (χ0) is 12.6. The number of carbonyl (C=O) groups excluding carboxylic acids is 2. The van der Waals surface area contributed by atoms with Crippen LogP contribution in [0.1, 0.15) is 6.92 Å². The topological polar surface area (TPSA) is 105 Å². The maximum atomic E-state index is 11.1. The Balaban J connectivity index is 3.74. The zero-order valence-corrected chi connectivity index (χ0v) is 8.86. The Hall–Kier alpha value is -1.89. The standard InChI is InChI=1S/C9H14N2O5/c1-3-6(2)10-9(15)11-7(12)4-16-5-8(13)14/h3,6H,1,4-5H2,2H3,(H,13,14)(H2,10,11,12,15). The molecule has 3 N–H and O–H groups in total. The normalized spacial score (nSPS) is 11.3. The van der Waals surface area contributed by atoms with Crippen LogP contribution in [0.3, 0.4) is 0 Å². The number of urea groups is 1. The molecule has 7 nitrogen and oxygen atoms in total. The summed E-state index contributed by atoms with van der Waals surface area (Å²) in [4.78, 5) is 32.1. The van der Waals surface area contributed by atoms with Gasteiger partial charge in [0, 0.05) is 6.04 Å². The molecule has 0 heterocycles. The van der Waals surface area contributed by atoms with Crippen LogP contribution in [-0.2, 0) is 14.3 Å². The number of hydrogen-bond acceptors (Lipinski definition) is 4. The van der Waals surface area contributed by atoms with Crippen molar-refractivity contribution in [3.8, 4) is 0 Å². The Labute approximate surface area is 92.5 Å². The molecule has 1 atom stereocenters. The molecule has 7 heteroatoms. The number of carbonyl (C=O) groups is 3. The molecule has 0 rings (SSSR count). The predicted octanol–water partition coefficient (Wildman–Crippen LogP) is -0.512. The van der Waals surface area contributed by atoms with Crippen LogP contribution in [0.5, 0.6) is 0 Å². The second kappa shape index (κ2) is 7.41. The lowest BCUT2D eigenvalue weighted by atomic mass is 10.3. The molecule has 0 spiro atoms. The number of carboxylic acids is 1. The van der Waals surface area contributed by atoms with Crippen molar-refractivity contribution in [1.82, 2.24) is 10.6 Å². The molecule has 0 aromatic heterocycles. The number of rotatable bonds is 6. The van der Waals surface area contributed by atoms with Crippen LogP contribution >= 0.6 is 0 Å². The molecule has 0 saturated heterocycles. The molecule has 0 bridgehead atoms. The first-order valence-corrected chi connectivity index (χ1v) is 4.48. The molecule has 16 heavy (non-hydrogen) atoms. The van der Waals surface area contributed by atoms with Crippen molar-refractivity contribution in [3.05, 3.63) is 12.7 Å². The summed E-state index contributed by atoms with van der Waals surface area (Å²) in [5.41, 5.74) is 0. The highest BCUT2D eigenvalue weighted by Gasteiger charge is 2.09. The van der Waals surface area contributed by atoms with E-state index in [-0.39, 0.29) is 6.04 Å². The van der Waals surface area contributed by atoms with E-state index in [1.165, 1.54) is 6.08 Å². The van der Waals surface area contributed by atoms with Crippen LogP contribution in [0.2, 0.25) is 0 Å². The summed E-state index contributed by atoms with van der Waals surface area (Å²) >= 11 is 0. The van der Waals surface area contributed by atoms with Gasteiger partial charge in [-0.1, -0.05) is 6.08 Å². The Morgan fingerprint density at radius 2 is 2.06 bits per heavy atom. The highest BCUT2D eigenvalue weighted by atomic mass is 16.5. The molecule has 0 radical (unpaired) electrons. The molecule has 0 aliphatic heterocycles. The maximum Gasteiger partial charge on any atom is 0.329 e. The Morgan fingerprint density at radius 3 is 2.56 bits per heavy atom. The highest BCUT2D eigenvalue weighted by Crippen LogP contribution is 1.81. The van der Waals surface area contributed by atoms with E-state index in [1.807, 2.05) is 5.32 Å². The van der Waals surface area contributed by atoms with Gasteiger partial charge >= 0.3 is 12.0 Å². The van der Waals surface area contributed by atoms with E-state index < -0.39 is 31.1 Å². The SMILES string of the molecule is C=CC(C)NC(=O)NC(=O)COCC(=O)O. The molecule has 3 amide bonds. The minimum absolute atomic E-state index is 0.271. The van der Waals surface area contributed by atoms with Crippen molar-refractivity contribution < 1.29 is 24.2 Å². The van der Waals surface area contributed by atoms with Crippen molar-refractivity contribution in [2.75, 3.05) is 13.2 Å². The van der Waals surface area contributed by atoms with E-state index in [1.54, 1.807) is 6.92 Å². The highest BCUT2D eigenvalue weighted by molar-refractivity contribution is 5.95. The lowest BCUT2D eigenvalue weighted by Crippen LogP contribution is -2.44. The first-order valence-electron chi connectivity index (χ1n) is 4.48. The number of amides is 3. The van der Waals surface area contributed by atoms with Crippen molar-refractivity contribution in [1.29, 1.82) is 0 Å². The number of nitrogens with one attached hydrogen (secondary N) is 2. The average molecular weight is 230 g/mol. The lowest BCUT2D eigenvalue weighted by Gasteiger charge is -2.09. The number of hydrogen-bond donors (Lipinski definition) is 3. The summed E-state index contributed by atoms with van der Waals surface area (Å²) in [6, 6.07) is -0.955. The molecule has 0 aliphatic rings. The van der Waals surface area contributed by atoms with Gasteiger partial charge in [-0.2, -0.15) is 0 Å². The monoisotopic (exact) mass is 230 g/mol. The van der Waals surface area contributed by atoms with Gasteiger partial charge in [0.1, 0.15) is 13.2 Å². The first-order chi connectivity index (χ1) is 7.45. The molecular formula is C9H14N2O5. The Morgan fingerprint density at radius 1 is 1.44 bits per heavy atom. The largest absolute Gasteiger partial charge is 0.480 e. The molecule has 0 aromatic carbocycles. The second-order valence-corrected chi connectivity index (χ2v) is 2.93. The summed E-state index contributed by atoms with van der Waals surface area (Å²) in [5, 5.41) is 12.6. The Kier molecular flexibility index (Phi) is 6.53. The van der Waals surface area contributed by atoms with E-state index in [0.717, 1.165) is 0 Å². The van der Waals surface area contributed by atoms with Gasteiger partial charge in [-0.05, 0) is 6.92 Å². The maximum absolute atomic E-state index is 11.1. The molecule has 0 aromatic rings. The molecule has 0 saturated carbocycles. The van der Waals surface area contributed by atoms with Crippen molar-refractivity contribution in [3.63, 3.8) is 0 Å². The van der Waals surface area contributed by atoms with Gasteiger partial charge in [0.25, 0.3) is 5.91 Å². The molecule has 1 unspecified atom stereocenters. The van der Waals surface area contributed by atoms with Gasteiger partial charge in [0.2, 0.25) is 0 Å². The van der Waals surface area contributed by atoms with Gasteiger partial charge in [0.05, 0.1) is 0 Å². The average Bonchev–Trinajstić information content (AvgIpc) is 2.16. The van der Waals surface area contributed by atoms with E-state index in [2.05, 4.69) is 16.6 Å². The Bertz CT molecular complexity index is 290. The smallest absolute Gasteiger partial charge is 0.329 e. The number of aliphatic carboxylic acids is 1. The van der Waals surface area contributed by atoms with Crippen LogP contribution in [0.4, 0.5) is 4.79 Å². The number of ether oxygens (including phenoxy) is 1. The summed E-state index contributed by atoms with van der Waals surface area (Å²) in [6.07, 6.45) is 1.49. The summed E-state index contributed by atoms with van der Waals surface area (Å²) in [6.45, 7) is 4.05. The summed E-state index contributed by atoms with van der Waals surface area (Å²) in [5.74, 6) is -1.90. The molecule has 90 valence electrons. The van der Waals surface area contributed by atoms with Gasteiger partial charge < -0.3 is 15.2 Å². The van der Waals surface area contributed by atoms with Crippen LogP contribution in [0.25, 0.3) is 0 Å². The van der Waals surface area contributed by atoms with Crippen LogP contribution in [0.15, 0.2) is 12.7 Å². The second-order valence-electron chi connectivity index (χ2n) is 2.93. The van der Waals surface area contributed by atoms with Gasteiger partial charge in [-0.3, -0.25) is 10.1 Å². The third-order valence-electron chi connectivity index (χ3n) is 1.42. The van der Waals surface area contributed by atoms with Crippen LogP contribution in [0, 0.1) is 0 Å². The fourth-order valence-electron chi connectivity index (χ4n) is 0.696. The minimum atomic E-state index is -1.18. The summed E-state index contributed by atoms with van der Waals surface area (Å²) < 4.78 is 4.48. The predicted molar refractivity (Wildman–Crippen MR) is 54.8 cm³/mol. The van der Waals surface area contributed by atoms with Crippen LogP contribution in [-0.4, -0.2) is 42.3 Å². The third kappa shape index (κ3) is 7.51. The van der Waals surface area contributed by atoms with Gasteiger partial charge in [-0.15, -0.1) is 6.58 Å². The van der Waals surface area contributed by atoms with Crippen molar-refractivity contribution in [2.45, 2.75) is 13.0 Å². The quantitative estimate of drug-likeness (QED) is 0.533. The van der Waals surface area contributed by atoms with E-state index in [9.17, 15) is 14.4 Å². The first kappa shape index (κ1) is 14.1. The molecule has 0 fully saturated rings. The fourth-order valence-corrected chi connectivity index (χ4v) is 0.696. The zero-order valence-electron chi connectivity index (χ0n) is 8.86. The van der Waals surface area contributed by atoms with E-state index in [4.69, 9.17) is 5.11 Å². The van der Waals surface area contributed by atoms with E-state index in [0.29, 0.717) is 0 Å². The number of carboxylic acid groups (broad SMARTS) is 1. The van der Waals surface area contributed by atoms with Crippen LogP contribution < -0.4 is 10.6 Å². The van der Waals surface area contributed by atoms with E-state index >= 15 is 0 Å². The number of imide groups is 1. The third-order valence-corrected chi connectivity index (χ3v) is 1.42. The summed E-state index contributed by atoms with van der Waals surface area (Å²) in [7, 11) is 0. The molecular weight excluding hydrogens is 216 g/mol. The van der Waals surface area contributed by atoms with Crippen molar-refractivity contribution >= 4 is 17.9 Å². The molecule has 0 aliphatic carbocycles. The minimum Gasteiger partial charge on any atom is -0.480 e. The lowest BCUT2D eigenvalue weighted by molar-refractivity contribution is -0.143. The van der Waals surface area contributed by atoms with Crippen molar-refractivity contribution in [2.24, 2.45) is 0 Å².